The normalized spacial score (nSPS) is 17.3. The minimum Gasteiger partial charge on any atom is -0.352 e. The maximum atomic E-state index is 14.2. The average molecular weight is 373 g/mol. The zero-order valence-electron chi connectivity index (χ0n) is 13.7. The van der Waals surface area contributed by atoms with Crippen LogP contribution in [0.4, 0.5) is 10.1 Å². The second kappa shape index (κ2) is 6.21. The van der Waals surface area contributed by atoms with E-state index in [-0.39, 0.29) is 28.1 Å². The summed E-state index contributed by atoms with van der Waals surface area (Å²) in [6.45, 7) is 0.294. The Labute approximate surface area is 150 Å². The van der Waals surface area contributed by atoms with Gasteiger partial charge in [-0.05, 0) is 36.6 Å². The molecule has 2 N–H and O–H groups in total. The summed E-state index contributed by atoms with van der Waals surface area (Å²) in [5.74, 6) is -0.606. The molecule has 0 radical (unpaired) electrons. The molecule has 1 saturated carbocycles. The van der Waals surface area contributed by atoms with Gasteiger partial charge < -0.3 is 10.6 Å². The van der Waals surface area contributed by atoms with Crippen LogP contribution in [0.3, 0.4) is 0 Å². The van der Waals surface area contributed by atoms with Gasteiger partial charge in [-0.2, -0.15) is 8.42 Å². The Bertz CT molecular complexity index is 1030. The zero-order valence-corrected chi connectivity index (χ0v) is 14.5. The van der Waals surface area contributed by atoms with Crippen LogP contribution >= 0.6 is 0 Å². The molecule has 8 heteroatoms. The topological polar surface area (TPSA) is 87.6 Å². The van der Waals surface area contributed by atoms with Gasteiger partial charge in [0.15, 0.2) is 5.84 Å². The third-order valence-electron chi connectivity index (χ3n) is 4.37. The van der Waals surface area contributed by atoms with Gasteiger partial charge in [-0.15, -0.1) is 4.40 Å². The average Bonchev–Trinajstić information content (AvgIpc) is 3.41. The van der Waals surface area contributed by atoms with E-state index < -0.39 is 15.8 Å². The van der Waals surface area contributed by atoms with Crippen LogP contribution in [-0.2, 0) is 21.4 Å². The number of hydrogen-bond donors (Lipinski definition) is 2. The van der Waals surface area contributed by atoms with Crippen molar-refractivity contribution >= 4 is 27.5 Å². The lowest BCUT2D eigenvalue weighted by atomic mass is 10.1. The molecule has 1 fully saturated rings. The maximum absolute atomic E-state index is 14.2. The molecule has 26 heavy (non-hydrogen) atoms. The third-order valence-corrected chi connectivity index (χ3v) is 5.69. The Kier molecular flexibility index (Phi) is 3.99. The second-order valence-electron chi connectivity index (χ2n) is 6.30. The van der Waals surface area contributed by atoms with Crippen molar-refractivity contribution in [1.82, 2.24) is 5.32 Å². The number of nitrogens with one attached hydrogen (secondary N) is 2. The molecule has 134 valence electrons. The number of benzene rings is 2. The van der Waals surface area contributed by atoms with Crippen molar-refractivity contribution in [2.45, 2.75) is 24.3 Å². The van der Waals surface area contributed by atoms with Gasteiger partial charge in [0.2, 0.25) is 5.91 Å². The zero-order chi connectivity index (χ0) is 18.3. The predicted octanol–water partition coefficient (Wildman–Crippen LogP) is 2.41. The fourth-order valence-corrected chi connectivity index (χ4v) is 4.02. The van der Waals surface area contributed by atoms with Crippen molar-refractivity contribution in [2.75, 3.05) is 5.32 Å². The molecule has 0 atom stereocenters. The molecule has 1 aliphatic heterocycles. The summed E-state index contributed by atoms with van der Waals surface area (Å²) in [5, 5.41) is 5.77. The molecule has 1 heterocycles. The summed E-state index contributed by atoms with van der Waals surface area (Å²) in [5.41, 5.74) is 1.25. The summed E-state index contributed by atoms with van der Waals surface area (Å²) in [6.07, 6.45) is 1.83. The first kappa shape index (κ1) is 16.7. The van der Waals surface area contributed by atoms with Gasteiger partial charge in [-0.25, -0.2) is 4.39 Å². The van der Waals surface area contributed by atoms with E-state index in [1.54, 1.807) is 12.1 Å². The lowest BCUT2D eigenvalue weighted by molar-refractivity contribution is -0.122. The minimum atomic E-state index is -3.92. The maximum Gasteiger partial charge on any atom is 0.285 e. The summed E-state index contributed by atoms with van der Waals surface area (Å²) >= 11 is 0. The smallest absolute Gasteiger partial charge is 0.285 e. The number of anilines is 1. The van der Waals surface area contributed by atoms with Crippen molar-refractivity contribution in [1.29, 1.82) is 0 Å². The number of amidine groups is 1. The summed E-state index contributed by atoms with van der Waals surface area (Å²) < 4.78 is 42.1. The first-order valence-electron chi connectivity index (χ1n) is 8.22. The minimum absolute atomic E-state index is 0.0111. The van der Waals surface area contributed by atoms with Gasteiger partial charge in [0.1, 0.15) is 10.7 Å². The highest BCUT2D eigenvalue weighted by molar-refractivity contribution is 7.90. The first-order chi connectivity index (χ1) is 12.5. The van der Waals surface area contributed by atoms with E-state index in [0.717, 1.165) is 18.4 Å². The van der Waals surface area contributed by atoms with Crippen LogP contribution < -0.4 is 10.6 Å². The molecular weight excluding hydrogens is 357 g/mol. The van der Waals surface area contributed by atoms with Gasteiger partial charge in [-0.1, -0.05) is 24.3 Å². The number of rotatable bonds is 4. The highest BCUT2D eigenvalue weighted by Gasteiger charge is 2.32. The van der Waals surface area contributed by atoms with Crippen molar-refractivity contribution in [3.05, 3.63) is 59.4 Å². The molecule has 0 unspecified atom stereocenters. The number of nitrogens with zero attached hydrogens (tertiary/aromatic N) is 1. The Morgan fingerprint density at radius 2 is 1.92 bits per heavy atom. The fourth-order valence-electron chi connectivity index (χ4n) is 2.85. The van der Waals surface area contributed by atoms with Crippen LogP contribution in [0.15, 0.2) is 51.8 Å². The molecule has 0 bridgehead atoms. The largest absolute Gasteiger partial charge is 0.352 e. The summed E-state index contributed by atoms with van der Waals surface area (Å²) in [4.78, 5) is 11.7. The number of carbonyl (C=O) groups is 1. The van der Waals surface area contributed by atoms with Crippen molar-refractivity contribution < 1.29 is 17.6 Å². The molecule has 2 aromatic rings. The van der Waals surface area contributed by atoms with E-state index in [2.05, 4.69) is 15.0 Å². The van der Waals surface area contributed by atoms with Crippen molar-refractivity contribution in [3.8, 4) is 0 Å². The molecule has 0 spiro atoms. The Morgan fingerprint density at radius 1 is 1.15 bits per heavy atom. The third kappa shape index (κ3) is 3.08. The first-order valence-corrected chi connectivity index (χ1v) is 9.66. The number of sulfonamides is 1. The molecule has 2 aromatic carbocycles. The molecule has 2 aliphatic rings. The quantitative estimate of drug-likeness (QED) is 0.862. The lowest BCUT2D eigenvalue weighted by Crippen LogP contribution is -2.25. The van der Waals surface area contributed by atoms with Gasteiger partial charge in [0.25, 0.3) is 10.0 Å². The van der Waals surface area contributed by atoms with E-state index >= 15 is 0 Å². The number of halogens is 1. The van der Waals surface area contributed by atoms with Crippen LogP contribution in [0, 0.1) is 11.7 Å². The summed E-state index contributed by atoms with van der Waals surface area (Å²) in [6, 6.07) is 11.0. The number of carbonyl (C=O) groups excluding carboxylic acids is 1. The number of hydrogen-bond acceptors (Lipinski definition) is 4. The van der Waals surface area contributed by atoms with E-state index in [1.165, 1.54) is 18.2 Å². The highest BCUT2D eigenvalue weighted by atomic mass is 32.2. The molecule has 6 nitrogen and oxygen atoms in total. The van der Waals surface area contributed by atoms with Crippen LogP contribution in [0.25, 0.3) is 0 Å². The number of amides is 1. The predicted molar refractivity (Wildman–Crippen MR) is 94.8 cm³/mol. The van der Waals surface area contributed by atoms with E-state index in [0.29, 0.717) is 12.2 Å². The van der Waals surface area contributed by atoms with Gasteiger partial charge in [0.05, 0.1) is 5.56 Å². The van der Waals surface area contributed by atoms with Gasteiger partial charge >= 0.3 is 0 Å². The number of para-hydroxylation sites is 1. The van der Waals surface area contributed by atoms with E-state index in [4.69, 9.17) is 0 Å². The standard InChI is InChI=1S/C18H16FN3O3S/c19-13-5-3-7-15-16(13)17(22-26(15,24)25)21-14-6-2-1-4-12(14)10-20-18(23)11-8-9-11/h1-7,11H,8-10H2,(H,20,23)(H,21,22). The molecular formula is C18H16FN3O3S. The Hall–Kier alpha value is -2.74. The highest BCUT2D eigenvalue weighted by Crippen LogP contribution is 2.30. The summed E-state index contributed by atoms with van der Waals surface area (Å²) in [7, 11) is -3.92. The van der Waals surface area contributed by atoms with Crippen LogP contribution in [0.5, 0.6) is 0 Å². The van der Waals surface area contributed by atoms with E-state index in [9.17, 15) is 17.6 Å². The molecule has 1 aliphatic carbocycles. The number of fused-ring (bicyclic) bond motifs is 1. The molecule has 0 aromatic heterocycles. The monoisotopic (exact) mass is 373 g/mol. The Morgan fingerprint density at radius 3 is 2.69 bits per heavy atom. The second-order valence-corrected chi connectivity index (χ2v) is 7.87. The SMILES string of the molecule is O=C(NCc1ccccc1NC1=NS(=O)(=O)c2cccc(F)c21)C1CC1. The lowest BCUT2D eigenvalue weighted by Gasteiger charge is -2.13. The van der Waals surface area contributed by atoms with Gasteiger partial charge in [0, 0.05) is 18.2 Å². The van der Waals surface area contributed by atoms with E-state index in [1.807, 2.05) is 12.1 Å². The van der Waals surface area contributed by atoms with Gasteiger partial charge in [-0.3, -0.25) is 4.79 Å². The van der Waals surface area contributed by atoms with Crippen molar-refractivity contribution in [3.63, 3.8) is 0 Å². The molecule has 4 rings (SSSR count). The van der Waals surface area contributed by atoms with Crippen LogP contribution in [0.2, 0.25) is 0 Å². The molecule has 1 amide bonds. The fraction of sp³-hybridized carbons (Fsp3) is 0.222. The van der Waals surface area contributed by atoms with Crippen LogP contribution in [-0.4, -0.2) is 20.2 Å². The van der Waals surface area contributed by atoms with Crippen LogP contribution in [0.1, 0.15) is 24.0 Å². The molecule has 0 saturated heterocycles. The van der Waals surface area contributed by atoms with Crippen molar-refractivity contribution in [2.24, 2.45) is 10.3 Å². The Balaban J connectivity index is 1.62.